The molecule has 0 saturated carbocycles. The third-order valence-corrected chi connectivity index (χ3v) is 6.42. The largest absolute Gasteiger partial charge is 0.415 e. The van der Waals surface area contributed by atoms with Crippen LogP contribution in [0.5, 0.6) is 11.5 Å². The topological polar surface area (TPSA) is 59.1 Å². The first-order valence-corrected chi connectivity index (χ1v) is 13.0. The summed E-state index contributed by atoms with van der Waals surface area (Å²) in [5.74, 6) is 0.872. The molecule has 0 saturated heterocycles. The van der Waals surface area contributed by atoms with Crippen LogP contribution < -0.4 is 9.47 Å². The monoisotopic (exact) mass is 496 g/mol. The number of carbonyl (C=O) groups excluding carboxylic acids is 2. The van der Waals surface area contributed by atoms with Crippen molar-refractivity contribution in [2.24, 2.45) is 0 Å². The van der Waals surface area contributed by atoms with Gasteiger partial charge >= 0.3 is 12.2 Å². The molecule has 0 spiro atoms. The van der Waals surface area contributed by atoms with E-state index in [0.29, 0.717) is 37.7 Å². The van der Waals surface area contributed by atoms with Crippen molar-refractivity contribution in [2.45, 2.75) is 80.1 Å². The summed E-state index contributed by atoms with van der Waals surface area (Å²) in [6.45, 7) is 22.7. The van der Waals surface area contributed by atoms with Crippen molar-refractivity contribution in [1.82, 2.24) is 9.80 Å². The fraction of sp³-hybridized carbons (Fsp3) is 0.533. The smallest absolute Gasteiger partial charge is 0.410 e. The maximum atomic E-state index is 12.9. The van der Waals surface area contributed by atoms with Crippen molar-refractivity contribution >= 4 is 12.2 Å². The molecule has 0 aliphatic heterocycles. The minimum atomic E-state index is -0.404. The number of ether oxygens (including phenoxy) is 2. The molecule has 2 amide bonds. The Bertz CT molecular complexity index is 970. The summed E-state index contributed by atoms with van der Waals surface area (Å²) in [6.07, 6.45) is -0.808. The van der Waals surface area contributed by atoms with E-state index in [9.17, 15) is 9.59 Å². The Kier molecular flexibility index (Phi) is 9.58. The summed E-state index contributed by atoms with van der Waals surface area (Å²) in [5.41, 5.74) is 3.35. The van der Waals surface area contributed by atoms with Crippen LogP contribution in [0, 0.1) is 0 Å². The molecular weight excluding hydrogens is 452 g/mol. The molecule has 0 aliphatic rings. The van der Waals surface area contributed by atoms with Crippen LogP contribution >= 0.6 is 0 Å². The molecule has 2 aromatic rings. The maximum absolute atomic E-state index is 12.9. The fourth-order valence-corrected chi connectivity index (χ4v) is 3.87. The van der Waals surface area contributed by atoms with Crippen LogP contribution in [0.25, 0.3) is 11.1 Å². The average molecular weight is 497 g/mol. The molecule has 0 radical (unpaired) electrons. The highest BCUT2D eigenvalue weighted by Gasteiger charge is 2.25. The number of nitrogens with zero attached hydrogens (tertiary/aromatic N) is 2. The lowest BCUT2D eigenvalue weighted by molar-refractivity contribution is 0.156. The second kappa shape index (κ2) is 11.8. The summed E-state index contributed by atoms with van der Waals surface area (Å²) in [6, 6.07) is 11.8. The summed E-state index contributed by atoms with van der Waals surface area (Å²) in [4.78, 5) is 29.1. The fourth-order valence-electron chi connectivity index (χ4n) is 3.87. The van der Waals surface area contributed by atoms with Gasteiger partial charge in [-0.25, -0.2) is 9.59 Å². The summed E-state index contributed by atoms with van der Waals surface area (Å²) in [7, 11) is 0. The first kappa shape index (κ1) is 29.2. The van der Waals surface area contributed by atoms with Gasteiger partial charge in [-0.15, -0.1) is 0 Å². The minimum Gasteiger partial charge on any atom is -0.410 e. The summed E-state index contributed by atoms with van der Waals surface area (Å²) >= 11 is 0. The third-order valence-electron chi connectivity index (χ3n) is 6.42. The van der Waals surface area contributed by atoms with E-state index in [1.54, 1.807) is 9.80 Å². The Labute approximate surface area is 217 Å². The molecule has 2 aromatic carbocycles. The van der Waals surface area contributed by atoms with Crippen LogP contribution in [-0.2, 0) is 10.8 Å². The molecule has 2 rings (SSSR count). The van der Waals surface area contributed by atoms with E-state index < -0.39 is 12.2 Å². The van der Waals surface area contributed by atoms with Gasteiger partial charge in [0.15, 0.2) is 0 Å². The lowest BCUT2D eigenvalue weighted by Crippen LogP contribution is -2.33. The molecule has 0 unspecified atom stereocenters. The van der Waals surface area contributed by atoms with Crippen LogP contribution in [0.15, 0.2) is 36.4 Å². The molecule has 6 heteroatoms. The van der Waals surface area contributed by atoms with E-state index in [4.69, 9.17) is 9.47 Å². The lowest BCUT2D eigenvalue weighted by Gasteiger charge is -2.26. The van der Waals surface area contributed by atoms with Gasteiger partial charge in [0.2, 0.25) is 0 Å². The Balaban J connectivity index is 2.77. The first-order chi connectivity index (χ1) is 16.8. The summed E-state index contributed by atoms with van der Waals surface area (Å²) in [5, 5.41) is 0. The van der Waals surface area contributed by atoms with Crippen LogP contribution in [-0.4, -0.2) is 48.2 Å². The molecule has 0 heterocycles. The van der Waals surface area contributed by atoms with Crippen molar-refractivity contribution < 1.29 is 19.1 Å². The van der Waals surface area contributed by atoms with Gasteiger partial charge in [0.1, 0.15) is 11.5 Å². The molecule has 0 aliphatic carbocycles. The number of benzene rings is 2. The Morgan fingerprint density at radius 1 is 0.611 bits per heavy atom. The molecule has 6 nitrogen and oxygen atoms in total. The van der Waals surface area contributed by atoms with Crippen LogP contribution in [0.2, 0.25) is 0 Å². The zero-order valence-corrected chi connectivity index (χ0v) is 23.8. The van der Waals surface area contributed by atoms with Crippen molar-refractivity contribution in [3.05, 3.63) is 47.5 Å². The van der Waals surface area contributed by atoms with E-state index in [1.165, 1.54) is 0 Å². The number of hydrogen-bond acceptors (Lipinski definition) is 4. The second-order valence-electron chi connectivity index (χ2n) is 11.0. The first-order valence-electron chi connectivity index (χ1n) is 13.0. The predicted molar refractivity (Wildman–Crippen MR) is 147 cm³/mol. The number of hydrogen-bond donors (Lipinski definition) is 0. The SMILES string of the molecule is CCN(CC)C(=O)Oc1ccc(C(C)(C)C)cc1-c1cc(C(C)(C)C)ccc1OC(=O)N(CC)CC. The van der Waals surface area contributed by atoms with E-state index >= 15 is 0 Å². The highest BCUT2D eigenvalue weighted by atomic mass is 16.6. The highest BCUT2D eigenvalue weighted by molar-refractivity contribution is 5.83. The maximum Gasteiger partial charge on any atom is 0.415 e. The molecule has 0 bridgehead atoms. The Hall–Kier alpha value is -3.02. The average Bonchev–Trinajstić information content (AvgIpc) is 2.80. The van der Waals surface area contributed by atoms with Gasteiger partial charge in [0.05, 0.1) is 0 Å². The number of rotatable bonds is 7. The van der Waals surface area contributed by atoms with Gasteiger partial charge in [-0.1, -0.05) is 53.7 Å². The van der Waals surface area contributed by atoms with E-state index in [2.05, 4.69) is 41.5 Å². The Morgan fingerprint density at radius 3 is 1.17 bits per heavy atom. The predicted octanol–water partition coefficient (Wildman–Crippen LogP) is 7.63. The van der Waals surface area contributed by atoms with Gasteiger partial charge in [-0.3, -0.25) is 0 Å². The third kappa shape index (κ3) is 7.02. The van der Waals surface area contributed by atoms with E-state index in [1.807, 2.05) is 64.1 Å². The molecule has 0 aromatic heterocycles. The zero-order chi connectivity index (χ0) is 27.3. The standard InChI is InChI=1S/C30H44N2O4/c1-11-31(12-2)27(33)35-25-17-15-21(29(5,6)7)19-23(25)24-20-22(30(8,9)10)16-18-26(24)36-28(34)32(13-3)14-4/h15-20H,11-14H2,1-10H3. The van der Waals surface area contributed by atoms with Crippen molar-refractivity contribution in [3.63, 3.8) is 0 Å². The molecule has 0 N–H and O–H groups in total. The van der Waals surface area contributed by atoms with Gasteiger partial charge in [-0.05, 0) is 73.9 Å². The van der Waals surface area contributed by atoms with E-state index in [-0.39, 0.29) is 10.8 Å². The lowest BCUT2D eigenvalue weighted by atomic mass is 9.83. The molecule has 0 atom stereocenters. The van der Waals surface area contributed by atoms with Gasteiger partial charge in [-0.2, -0.15) is 0 Å². The summed E-state index contributed by atoms with van der Waals surface area (Å²) < 4.78 is 11.8. The normalized spacial score (nSPS) is 11.7. The van der Waals surface area contributed by atoms with Crippen LogP contribution in [0.4, 0.5) is 9.59 Å². The molecular formula is C30H44N2O4. The Morgan fingerprint density at radius 2 is 0.917 bits per heavy atom. The van der Waals surface area contributed by atoms with Crippen molar-refractivity contribution in [1.29, 1.82) is 0 Å². The van der Waals surface area contributed by atoms with Crippen molar-refractivity contribution in [3.8, 4) is 22.6 Å². The number of amides is 2. The molecule has 0 fully saturated rings. The quantitative estimate of drug-likeness (QED) is 0.395. The van der Waals surface area contributed by atoms with Crippen molar-refractivity contribution in [2.75, 3.05) is 26.2 Å². The van der Waals surface area contributed by atoms with Gasteiger partial charge in [0, 0.05) is 37.3 Å². The highest BCUT2D eigenvalue weighted by Crippen LogP contribution is 2.42. The minimum absolute atomic E-state index is 0.129. The van der Waals surface area contributed by atoms with E-state index in [0.717, 1.165) is 22.3 Å². The van der Waals surface area contributed by atoms with Crippen LogP contribution in [0.3, 0.4) is 0 Å². The molecule has 198 valence electrons. The van der Waals surface area contributed by atoms with Gasteiger partial charge in [0.25, 0.3) is 0 Å². The zero-order valence-electron chi connectivity index (χ0n) is 23.8. The molecule has 36 heavy (non-hydrogen) atoms. The second-order valence-corrected chi connectivity index (χ2v) is 11.0. The number of carbonyl (C=O) groups is 2. The van der Waals surface area contributed by atoms with Gasteiger partial charge < -0.3 is 19.3 Å². The van der Waals surface area contributed by atoms with Crippen LogP contribution in [0.1, 0.15) is 80.4 Å².